The number of esters is 1. The van der Waals surface area contributed by atoms with E-state index in [2.05, 4.69) is 20.7 Å². The maximum absolute atomic E-state index is 12.4. The number of hydrogen-bond acceptors (Lipinski definition) is 6. The van der Waals surface area contributed by atoms with Gasteiger partial charge in [-0.3, -0.25) is 4.79 Å². The first-order chi connectivity index (χ1) is 16.0. The predicted molar refractivity (Wildman–Crippen MR) is 123 cm³/mol. The normalized spacial score (nSPS) is 10.6. The van der Waals surface area contributed by atoms with Crippen LogP contribution >= 0.6 is 0 Å². The lowest BCUT2D eigenvalue weighted by Gasteiger charge is -2.10. The van der Waals surface area contributed by atoms with E-state index in [0.717, 1.165) is 5.56 Å². The van der Waals surface area contributed by atoms with Crippen LogP contribution in [0.2, 0.25) is 0 Å². The summed E-state index contributed by atoms with van der Waals surface area (Å²) in [6, 6.07) is 15.2. The smallest absolute Gasteiger partial charge is 0.343 e. The third-order valence-electron chi connectivity index (χ3n) is 4.86. The van der Waals surface area contributed by atoms with E-state index in [1.165, 1.54) is 13.1 Å². The Morgan fingerprint density at radius 2 is 1.76 bits per heavy atom. The Kier molecular flexibility index (Phi) is 6.12. The molecule has 2 N–H and O–H groups in total. The number of nitrogens with one attached hydrogen (secondary N) is 2. The number of ether oxygens (including phenoxy) is 1. The molecule has 0 radical (unpaired) electrons. The summed E-state index contributed by atoms with van der Waals surface area (Å²) < 4.78 is 6.62. The van der Waals surface area contributed by atoms with Gasteiger partial charge in [0, 0.05) is 28.7 Å². The van der Waals surface area contributed by atoms with Gasteiger partial charge in [0.05, 0.1) is 18.5 Å². The second kappa shape index (κ2) is 9.31. The molecule has 0 saturated carbocycles. The molecule has 2 aromatic heterocycles. The summed E-state index contributed by atoms with van der Waals surface area (Å²) in [5.74, 6) is -0.528. The summed E-state index contributed by atoms with van der Waals surface area (Å²) >= 11 is 0. The maximum Gasteiger partial charge on any atom is 0.343 e. The molecule has 33 heavy (non-hydrogen) atoms. The van der Waals surface area contributed by atoms with Gasteiger partial charge in [0.15, 0.2) is 11.4 Å². The van der Waals surface area contributed by atoms with Gasteiger partial charge in [-0.2, -0.15) is 5.10 Å². The van der Waals surface area contributed by atoms with Crippen LogP contribution < -0.4 is 10.6 Å². The van der Waals surface area contributed by atoms with Crippen LogP contribution in [0.5, 0.6) is 0 Å². The van der Waals surface area contributed by atoms with E-state index in [4.69, 9.17) is 4.74 Å². The number of nitrogens with zero attached hydrogens (tertiary/aromatic N) is 3. The van der Waals surface area contributed by atoms with Crippen LogP contribution in [0.1, 0.15) is 34.6 Å². The molecular formula is C24H21N5O4. The summed E-state index contributed by atoms with van der Waals surface area (Å²) in [5, 5.41) is 9.82. The molecule has 0 aliphatic heterocycles. The number of hydrogen-bond donors (Lipinski definition) is 2. The summed E-state index contributed by atoms with van der Waals surface area (Å²) in [7, 11) is 0. The molecule has 0 fully saturated rings. The molecule has 0 atom stereocenters. The predicted octanol–water partition coefficient (Wildman–Crippen LogP) is 4.42. The Hall–Kier alpha value is -4.53. The van der Waals surface area contributed by atoms with Gasteiger partial charge in [-0.1, -0.05) is 12.1 Å². The number of fused-ring (bicyclic) bond motifs is 1. The van der Waals surface area contributed by atoms with Gasteiger partial charge in [-0.15, -0.1) is 0 Å². The van der Waals surface area contributed by atoms with Crippen molar-refractivity contribution in [3.8, 4) is 11.3 Å². The van der Waals surface area contributed by atoms with Crippen molar-refractivity contribution >= 4 is 34.8 Å². The molecule has 0 bridgehead atoms. The van der Waals surface area contributed by atoms with Gasteiger partial charge in [0.1, 0.15) is 5.56 Å². The molecule has 2 aromatic carbocycles. The Morgan fingerprint density at radius 3 is 2.48 bits per heavy atom. The highest BCUT2D eigenvalue weighted by atomic mass is 16.5. The fraction of sp³-hybridized carbons (Fsp3) is 0.125. The Labute approximate surface area is 189 Å². The van der Waals surface area contributed by atoms with E-state index in [-0.39, 0.29) is 18.0 Å². The lowest BCUT2D eigenvalue weighted by Crippen LogP contribution is -2.19. The fourth-order valence-electron chi connectivity index (χ4n) is 3.30. The second-order valence-corrected chi connectivity index (χ2v) is 7.14. The minimum atomic E-state index is -0.486. The number of benzene rings is 2. The van der Waals surface area contributed by atoms with Crippen molar-refractivity contribution in [3.63, 3.8) is 0 Å². The highest BCUT2D eigenvalue weighted by Crippen LogP contribution is 2.24. The lowest BCUT2D eigenvalue weighted by molar-refractivity contribution is 0.0528. The summed E-state index contributed by atoms with van der Waals surface area (Å²) in [6.07, 6.45) is 3.02. The molecular weight excluding hydrogens is 422 g/mol. The standard InChI is InChI=1S/C24H21N5O4/c1-3-33-23(31)20-14-26-29-21(11-12-25-22(20)29)17-5-4-6-19(13-17)28-24(32)27-18-9-7-16(8-10-18)15(2)30/h4-14H,3H2,1-2H3,(H2,27,28,32). The van der Waals surface area contributed by atoms with Crippen molar-refractivity contribution in [3.05, 3.63) is 78.1 Å². The number of carbonyl (C=O) groups excluding carboxylic acids is 3. The average molecular weight is 443 g/mol. The van der Waals surface area contributed by atoms with Crippen molar-refractivity contribution < 1.29 is 19.1 Å². The van der Waals surface area contributed by atoms with Crippen LogP contribution in [0.4, 0.5) is 16.2 Å². The Bertz CT molecular complexity index is 1340. The average Bonchev–Trinajstić information content (AvgIpc) is 3.24. The molecule has 4 aromatic rings. The van der Waals surface area contributed by atoms with E-state index in [0.29, 0.717) is 28.3 Å². The molecule has 0 spiro atoms. The summed E-state index contributed by atoms with van der Waals surface area (Å²) in [6.45, 7) is 3.48. The molecule has 0 unspecified atom stereocenters. The van der Waals surface area contributed by atoms with Crippen molar-refractivity contribution in [2.24, 2.45) is 0 Å². The van der Waals surface area contributed by atoms with Crippen molar-refractivity contribution in [1.82, 2.24) is 14.6 Å². The van der Waals surface area contributed by atoms with Crippen LogP contribution in [-0.2, 0) is 4.74 Å². The monoisotopic (exact) mass is 443 g/mol. The van der Waals surface area contributed by atoms with Gasteiger partial charge in [0.25, 0.3) is 0 Å². The molecule has 2 amide bonds. The van der Waals surface area contributed by atoms with Gasteiger partial charge in [0.2, 0.25) is 0 Å². The molecule has 0 aliphatic carbocycles. The number of carbonyl (C=O) groups is 3. The minimum Gasteiger partial charge on any atom is -0.462 e. The zero-order valence-corrected chi connectivity index (χ0v) is 18.0. The van der Waals surface area contributed by atoms with E-state index in [9.17, 15) is 14.4 Å². The first kappa shape index (κ1) is 21.7. The summed E-state index contributed by atoms with van der Waals surface area (Å²) in [5.41, 5.74) is 3.82. The number of amides is 2. The zero-order valence-electron chi connectivity index (χ0n) is 18.0. The Morgan fingerprint density at radius 1 is 1.00 bits per heavy atom. The third kappa shape index (κ3) is 4.72. The number of Topliss-reactive ketones (excluding diaryl/α,β-unsaturated/α-hetero) is 1. The third-order valence-corrected chi connectivity index (χ3v) is 4.86. The van der Waals surface area contributed by atoms with E-state index >= 15 is 0 Å². The van der Waals surface area contributed by atoms with E-state index in [1.807, 2.05) is 6.07 Å². The van der Waals surface area contributed by atoms with Gasteiger partial charge < -0.3 is 15.4 Å². The van der Waals surface area contributed by atoms with Crippen LogP contribution in [-0.4, -0.2) is 39.0 Å². The maximum atomic E-state index is 12.4. The molecule has 4 rings (SSSR count). The van der Waals surface area contributed by atoms with E-state index in [1.54, 1.807) is 66.2 Å². The van der Waals surface area contributed by atoms with Crippen molar-refractivity contribution in [2.75, 3.05) is 17.2 Å². The van der Waals surface area contributed by atoms with Crippen molar-refractivity contribution in [1.29, 1.82) is 0 Å². The molecule has 9 heteroatoms. The fourth-order valence-corrected chi connectivity index (χ4v) is 3.30. The molecule has 0 aliphatic rings. The SMILES string of the molecule is CCOC(=O)c1cnn2c(-c3cccc(NC(=O)Nc4ccc(C(C)=O)cc4)c3)ccnc12. The zero-order chi connectivity index (χ0) is 23.4. The van der Waals surface area contributed by atoms with Crippen LogP contribution in [0.15, 0.2) is 67.0 Å². The van der Waals surface area contributed by atoms with Gasteiger partial charge in [-0.05, 0) is 56.3 Å². The van der Waals surface area contributed by atoms with E-state index < -0.39 is 12.0 Å². The first-order valence-electron chi connectivity index (χ1n) is 10.3. The van der Waals surface area contributed by atoms with Crippen LogP contribution in [0.3, 0.4) is 0 Å². The lowest BCUT2D eigenvalue weighted by atomic mass is 10.1. The minimum absolute atomic E-state index is 0.0420. The highest BCUT2D eigenvalue weighted by Gasteiger charge is 2.17. The first-order valence-corrected chi connectivity index (χ1v) is 10.3. The number of ketones is 1. The molecule has 166 valence electrons. The van der Waals surface area contributed by atoms with Gasteiger partial charge in [-0.25, -0.2) is 19.1 Å². The van der Waals surface area contributed by atoms with Gasteiger partial charge >= 0.3 is 12.0 Å². The van der Waals surface area contributed by atoms with Crippen LogP contribution in [0, 0.1) is 0 Å². The number of aromatic nitrogens is 3. The highest BCUT2D eigenvalue weighted by molar-refractivity contribution is 6.01. The number of urea groups is 1. The molecule has 0 saturated heterocycles. The van der Waals surface area contributed by atoms with Crippen LogP contribution in [0.25, 0.3) is 16.9 Å². The second-order valence-electron chi connectivity index (χ2n) is 7.14. The molecule has 2 heterocycles. The quantitative estimate of drug-likeness (QED) is 0.337. The van der Waals surface area contributed by atoms with Crippen molar-refractivity contribution in [2.45, 2.75) is 13.8 Å². The molecule has 9 nitrogen and oxygen atoms in total. The number of rotatable bonds is 6. The largest absolute Gasteiger partial charge is 0.462 e. The number of anilines is 2. The topological polar surface area (TPSA) is 115 Å². The summed E-state index contributed by atoms with van der Waals surface area (Å²) in [4.78, 5) is 40.2. The Balaban J connectivity index is 1.54.